The third-order valence-electron chi connectivity index (χ3n) is 2.46. The van der Waals surface area contributed by atoms with Crippen molar-refractivity contribution in [3.05, 3.63) is 27.3 Å². The minimum absolute atomic E-state index is 0.0822. The maximum atomic E-state index is 10.6. The lowest BCUT2D eigenvalue weighted by Gasteiger charge is -2.11. The molecule has 2 rings (SSSR count). The highest BCUT2D eigenvalue weighted by Crippen LogP contribution is 2.27. The third-order valence-corrected chi connectivity index (χ3v) is 4.55. The molecule has 3 N–H and O–H groups in total. The molecule has 1 aromatic carbocycles. The monoisotopic (exact) mass is 390 g/mol. The second-order valence-electron chi connectivity index (χ2n) is 3.74. The summed E-state index contributed by atoms with van der Waals surface area (Å²) in [4.78, 5) is 10.6. The second-order valence-corrected chi connectivity index (χ2v) is 5.85. The Kier molecular flexibility index (Phi) is 4.30. The summed E-state index contributed by atoms with van der Waals surface area (Å²) in [7, 11) is 0. The Morgan fingerprint density at radius 2 is 2.26 bits per heavy atom. The quantitative estimate of drug-likeness (QED) is 0.612. The van der Waals surface area contributed by atoms with E-state index in [1.54, 1.807) is 4.57 Å². The van der Waals surface area contributed by atoms with Gasteiger partial charge in [-0.05, 0) is 47.2 Å². The minimum Gasteiger partial charge on any atom is -0.481 e. The van der Waals surface area contributed by atoms with Gasteiger partial charge in [-0.15, -0.1) is 10.2 Å². The Hall–Kier alpha value is -1.29. The van der Waals surface area contributed by atoms with Crippen molar-refractivity contribution in [2.75, 3.05) is 11.5 Å². The van der Waals surface area contributed by atoms with Gasteiger partial charge in [0.25, 0.3) is 0 Å². The summed E-state index contributed by atoms with van der Waals surface area (Å²) in [5, 5.41) is 16.9. The van der Waals surface area contributed by atoms with Crippen molar-refractivity contribution >= 4 is 46.3 Å². The van der Waals surface area contributed by atoms with Gasteiger partial charge in [0.05, 0.1) is 11.4 Å². The van der Waals surface area contributed by atoms with Gasteiger partial charge in [-0.25, -0.2) is 0 Å². The van der Waals surface area contributed by atoms with E-state index in [1.165, 1.54) is 0 Å². The van der Waals surface area contributed by atoms with E-state index in [2.05, 4.69) is 32.8 Å². The normalized spacial score (nSPS) is 10.6. The van der Waals surface area contributed by atoms with Gasteiger partial charge in [0, 0.05) is 3.57 Å². The fourth-order valence-corrected chi connectivity index (χ4v) is 2.72. The lowest BCUT2D eigenvalue weighted by atomic mass is 10.2. The van der Waals surface area contributed by atoms with Gasteiger partial charge in [-0.2, -0.15) is 0 Å². The maximum Gasteiger partial charge on any atom is 0.313 e. The molecule has 1 heterocycles. The van der Waals surface area contributed by atoms with Gasteiger partial charge in [0.1, 0.15) is 0 Å². The summed E-state index contributed by atoms with van der Waals surface area (Å²) in [6, 6.07) is 5.81. The molecule has 0 saturated carbocycles. The van der Waals surface area contributed by atoms with E-state index < -0.39 is 5.97 Å². The van der Waals surface area contributed by atoms with Crippen molar-refractivity contribution in [2.24, 2.45) is 0 Å². The Morgan fingerprint density at radius 1 is 1.53 bits per heavy atom. The van der Waals surface area contributed by atoms with Gasteiger partial charge >= 0.3 is 5.97 Å². The molecule has 0 fully saturated rings. The molecule has 0 saturated heterocycles. The summed E-state index contributed by atoms with van der Waals surface area (Å²) in [5.74, 6) is -0.739. The number of nitrogen functional groups attached to an aromatic ring is 1. The maximum absolute atomic E-state index is 10.6. The number of rotatable bonds is 4. The molecule has 0 aliphatic rings. The van der Waals surface area contributed by atoms with Crippen LogP contribution in [0.2, 0.25) is 0 Å². The van der Waals surface area contributed by atoms with Crippen molar-refractivity contribution in [1.82, 2.24) is 14.8 Å². The zero-order valence-electron chi connectivity index (χ0n) is 10.00. The number of aromatic nitrogens is 3. The molecule has 0 amide bonds. The number of carboxylic acids is 1. The molecule has 19 heavy (non-hydrogen) atoms. The van der Waals surface area contributed by atoms with E-state index in [0.717, 1.165) is 26.6 Å². The number of halogens is 1. The van der Waals surface area contributed by atoms with E-state index in [-0.39, 0.29) is 11.7 Å². The first-order valence-electron chi connectivity index (χ1n) is 5.31. The number of nitrogens with zero attached hydrogens (tertiary/aromatic N) is 3. The fourth-order valence-electron chi connectivity index (χ4n) is 1.57. The number of thioether (sulfide) groups is 1. The molecule has 0 aliphatic heterocycles. The van der Waals surface area contributed by atoms with Crippen LogP contribution in [0.3, 0.4) is 0 Å². The second kappa shape index (κ2) is 5.78. The van der Waals surface area contributed by atoms with Crippen LogP contribution in [-0.2, 0) is 4.79 Å². The van der Waals surface area contributed by atoms with E-state index in [1.807, 2.05) is 25.1 Å². The Balaban J connectivity index is 2.46. The number of carboxylic acid groups (broad SMARTS) is 1. The molecule has 0 bridgehead atoms. The number of hydrogen-bond acceptors (Lipinski definition) is 5. The zero-order valence-corrected chi connectivity index (χ0v) is 13.0. The van der Waals surface area contributed by atoms with Crippen LogP contribution in [0.15, 0.2) is 23.4 Å². The molecule has 100 valence electrons. The van der Waals surface area contributed by atoms with E-state index >= 15 is 0 Å². The van der Waals surface area contributed by atoms with Crippen LogP contribution in [0.25, 0.3) is 5.69 Å². The van der Waals surface area contributed by atoms with Crippen LogP contribution < -0.4 is 5.73 Å². The van der Waals surface area contributed by atoms with Crippen LogP contribution >= 0.6 is 34.4 Å². The minimum atomic E-state index is -0.905. The average molecular weight is 390 g/mol. The predicted octanol–water partition coefficient (Wildman–Crippen LogP) is 1.94. The number of carbonyl (C=O) groups is 1. The summed E-state index contributed by atoms with van der Waals surface area (Å²) in [5.41, 5.74) is 7.74. The Morgan fingerprint density at radius 3 is 2.95 bits per heavy atom. The Bertz CT molecular complexity index is 629. The lowest BCUT2D eigenvalue weighted by molar-refractivity contribution is -0.133. The smallest absolute Gasteiger partial charge is 0.313 e. The first-order chi connectivity index (χ1) is 9.00. The molecule has 8 heteroatoms. The van der Waals surface area contributed by atoms with Crippen LogP contribution in [0, 0.1) is 10.5 Å². The largest absolute Gasteiger partial charge is 0.481 e. The van der Waals surface area contributed by atoms with Crippen LogP contribution in [0.4, 0.5) is 5.95 Å². The van der Waals surface area contributed by atoms with Gasteiger partial charge in [-0.1, -0.05) is 17.8 Å². The molecule has 0 unspecified atom stereocenters. The standard InChI is InChI=1S/C11H11IN4O2S/c1-6-7(12)3-2-4-8(6)16-10(13)14-15-11(16)19-5-9(17)18/h2-4H,5H2,1H3,(H2,13,14)(H,17,18). The number of nitrogens with two attached hydrogens (primary N) is 1. The number of benzene rings is 1. The summed E-state index contributed by atoms with van der Waals surface area (Å²) in [6.07, 6.45) is 0. The van der Waals surface area contributed by atoms with Crippen molar-refractivity contribution in [1.29, 1.82) is 0 Å². The highest BCUT2D eigenvalue weighted by atomic mass is 127. The average Bonchev–Trinajstić information content (AvgIpc) is 2.72. The predicted molar refractivity (Wildman–Crippen MR) is 81.6 cm³/mol. The van der Waals surface area contributed by atoms with Gasteiger partial charge in [-0.3, -0.25) is 9.36 Å². The SMILES string of the molecule is Cc1c(I)cccc1-n1c(N)nnc1SCC(=O)O. The van der Waals surface area contributed by atoms with Gasteiger partial charge in [0.2, 0.25) is 5.95 Å². The summed E-state index contributed by atoms with van der Waals surface area (Å²) in [6.45, 7) is 1.97. The first kappa shape index (κ1) is 14.1. The molecular weight excluding hydrogens is 379 g/mol. The molecule has 1 aromatic heterocycles. The molecule has 2 aromatic rings. The third kappa shape index (κ3) is 3.00. The van der Waals surface area contributed by atoms with E-state index in [9.17, 15) is 4.79 Å². The van der Waals surface area contributed by atoms with E-state index in [4.69, 9.17) is 10.8 Å². The molecule has 0 radical (unpaired) electrons. The number of aliphatic carboxylic acids is 1. The summed E-state index contributed by atoms with van der Waals surface area (Å²) < 4.78 is 2.77. The zero-order chi connectivity index (χ0) is 14.0. The van der Waals surface area contributed by atoms with Crippen LogP contribution in [-0.4, -0.2) is 31.6 Å². The topological polar surface area (TPSA) is 94.0 Å². The first-order valence-corrected chi connectivity index (χ1v) is 7.38. The molecular formula is C11H11IN4O2S. The van der Waals surface area contributed by atoms with Gasteiger partial charge in [0.15, 0.2) is 5.16 Å². The van der Waals surface area contributed by atoms with Crippen molar-refractivity contribution in [3.63, 3.8) is 0 Å². The van der Waals surface area contributed by atoms with Crippen LogP contribution in [0.1, 0.15) is 5.56 Å². The van der Waals surface area contributed by atoms with E-state index in [0.29, 0.717) is 5.16 Å². The highest BCUT2D eigenvalue weighted by Gasteiger charge is 2.15. The van der Waals surface area contributed by atoms with Gasteiger partial charge < -0.3 is 10.8 Å². The number of anilines is 1. The molecule has 0 aliphatic carbocycles. The van der Waals surface area contributed by atoms with Crippen molar-refractivity contribution in [3.8, 4) is 5.69 Å². The summed E-state index contributed by atoms with van der Waals surface area (Å²) >= 11 is 3.33. The number of hydrogen-bond donors (Lipinski definition) is 2. The molecule has 0 spiro atoms. The van der Waals surface area contributed by atoms with Crippen LogP contribution in [0.5, 0.6) is 0 Å². The lowest BCUT2D eigenvalue weighted by Crippen LogP contribution is -2.06. The molecule has 6 nitrogen and oxygen atoms in total. The molecule has 0 atom stereocenters. The van der Waals surface area contributed by atoms with Crippen molar-refractivity contribution in [2.45, 2.75) is 12.1 Å². The van der Waals surface area contributed by atoms with Crippen molar-refractivity contribution < 1.29 is 9.90 Å². The fraction of sp³-hybridized carbons (Fsp3) is 0.182. The highest BCUT2D eigenvalue weighted by molar-refractivity contribution is 14.1. The Labute approximate surface area is 127 Å².